The fourth-order valence-corrected chi connectivity index (χ4v) is 4.12. The number of amides is 2. The van der Waals surface area contributed by atoms with Crippen LogP contribution in [0.4, 0.5) is 10.5 Å². The number of aryl methyl sites for hydroxylation is 2. The Balaban J connectivity index is 1.59. The van der Waals surface area contributed by atoms with Crippen molar-refractivity contribution in [1.82, 2.24) is 4.90 Å². The maximum Gasteiger partial charge on any atom is 0.293 e. The van der Waals surface area contributed by atoms with E-state index in [4.69, 9.17) is 4.42 Å². The van der Waals surface area contributed by atoms with Crippen LogP contribution in [-0.2, 0) is 11.3 Å². The quantitative estimate of drug-likeness (QED) is 0.290. The fourth-order valence-electron chi connectivity index (χ4n) is 3.30. The van der Waals surface area contributed by atoms with Gasteiger partial charge in [-0.05, 0) is 60.5 Å². The highest BCUT2D eigenvalue weighted by atomic mass is 32.2. The average molecular weight is 434 g/mol. The van der Waals surface area contributed by atoms with Gasteiger partial charge in [-0.25, -0.2) is 0 Å². The van der Waals surface area contributed by atoms with Gasteiger partial charge >= 0.3 is 0 Å². The first kappa shape index (κ1) is 20.6. The van der Waals surface area contributed by atoms with Crippen LogP contribution < -0.4 is 0 Å². The van der Waals surface area contributed by atoms with Crippen LogP contribution in [-0.4, -0.2) is 21.0 Å². The number of furan rings is 1. The number of hydrogen-bond donors (Lipinski definition) is 0. The SMILES string of the molecule is Cc1ccc(-c2ccc(/C=C3\SC(=O)N(Cc4ccccc4C)C3=O)o2)c([N+](=O)[O-])c1. The first-order chi connectivity index (χ1) is 14.8. The minimum absolute atomic E-state index is 0.0561. The van der Waals surface area contributed by atoms with E-state index in [-0.39, 0.29) is 22.4 Å². The summed E-state index contributed by atoms with van der Waals surface area (Å²) in [5.41, 5.74) is 2.96. The van der Waals surface area contributed by atoms with E-state index >= 15 is 0 Å². The van der Waals surface area contributed by atoms with Crippen molar-refractivity contribution in [3.05, 3.63) is 92.1 Å². The minimum atomic E-state index is -0.457. The molecule has 0 unspecified atom stereocenters. The van der Waals surface area contributed by atoms with Crippen LogP contribution in [0.1, 0.15) is 22.5 Å². The summed E-state index contributed by atoms with van der Waals surface area (Å²) < 4.78 is 5.74. The molecular formula is C23H18N2O5S. The molecular weight excluding hydrogens is 416 g/mol. The van der Waals surface area contributed by atoms with Crippen LogP contribution >= 0.6 is 11.8 Å². The summed E-state index contributed by atoms with van der Waals surface area (Å²) in [6.07, 6.45) is 1.49. The van der Waals surface area contributed by atoms with Gasteiger partial charge in [-0.2, -0.15) is 0 Å². The number of rotatable bonds is 5. The van der Waals surface area contributed by atoms with E-state index in [2.05, 4.69) is 0 Å². The highest BCUT2D eigenvalue weighted by molar-refractivity contribution is 8.18. The topological polar surface area (TPSA) is 93.7 Å². The van der Waals surface area contributed by atoms with Gasteiger partial charge in [0.15, 0.2) is 0 Å². The first-order valence-corrected chi connectivity index (χ1v) is 10.3. The summed E-state index contributed by atoms with van der Waals surface area (Å²) in [5.74, 6) is 0.265. The first-order valence-electron chi connectivity index (χ1n) is 9.48. The summed E-state index contributed by atoms with van der Waals surface area (Å²) in [6.45, 7) is 3.91. The molecule has 0 spiro atoms. The van der Waals surface area contributed by atoms with Gasteiger partial charge in [-0.15, -0.1) is 0 Å². The molecule has 0 N–H and O–H groups in total. The molecule has 1 saturated heterocycles. The minimum Gasteiger partial charge on any atom is -0.456 e. The van der Waals surface area contributed by atoms with Crippen LogP contribution in [0.2, 0.25) is 0 Å². The van der Waals surface area contributed by atoms with Crippen molar-refractivity contribution in [1.29, 1.82) is 0 Å². The molecule has 7 nitrogen and oxygen atoms in total. The molecule has 4 rings (SSSR count). The maximum atomic E-state index is 12.8. The molecule has 1 aliphatic heterocycles. The van der Waals surface area contributed by atoms with Crippen molar-refractivity contribution in [2.45, 2.75) is 20.4 Å². The lowest BCUT2D eigenvalue weighted by Crippen LogP contribution is -2.27. The Labute approximate surface area is 182 Å². The number of nitro groups is 1. The second-order valence-electron chi connectivity index (χ2n) is 7.17. The van der Waals surface area contributed by atoms with E-state index in [0.717, 1.165) is 28.5 Å². The Bertz CT molecular complexity index is 1240. The maximum absolute atomic E-state index is 12.8. The Kier molecular flexibility index (Phi) is 5.48. The zero-order valence-corrected chi connectivity index (χ0v) is 17.6. The molecule has 1 aromatic heterocycles. The lowest BCUT2D eigenvalue weighted by Gasteiger charge is -2.14. The second kappa shape index (κ2) is 8.23. The molecule has 31 heavy (non-hydrogen) atoms. The molecule has 156 valence electrons. The largest absolute Gasteiger partial charge is 0.456 e. The van der Waals surface area contributed by atoms with Crippen molar-refractivity contribution in [3.63, 3.8) is 0 Å². The van der Waals surface area contributed by atoms with Crippen molar-refractivity contribution >= 4 is 34.7 Å². The molecule has 2 amide bonds. The molecule has 8 heteroatoms. The summed E-state index contributed by atoms with van der Waals surface area (Å²) >= 11 is 0.847. The zero-order valence-electron chi connectivity index (χ0n) is 16.8. The van der Waals surface area contributed by atoms with Gasteiger partial charge in [0.2, 0.25) is 0 Å². The number of thioether (sulfide) groups is 1. The molecule has 0 radical (unpaired) electrons. The van der Waals surface area contributed by atoms with Crippen molar-refractivity contribution in [2.75, 3.05) is 0 Å². The van der Waals surface area contributed by atoms with Crippen LogP contribution in [0.5, 0.6) is 0 Å². The van der Waals surface area contributed by atoms with Crippen molar-refractivity contribution in [3.8, 4) is 11.3 Å². The number of carbonyl (C=O) groups is 2. The number of imide groups is 1. The van der Waals surface area contributed by atoms with E-state index in [1.165, 1.54) is 17.0 Å². The summed E-state index contributed by atoms with van der Waals surface area (Å²) in [7, 11) is 0. The van der Waals surface area contributed by atoms with Crippen molar-refractivity contribution in [2.24, 2.45) is 0 Å². The van der Waals surface area contributed by atoms with Crippen LogP contribution in [0.25, 0.3) is 17.4 Å². The van der Waals surface area contributed by atoms with Gasteiger partial charge < -0.3 is 4.42 Å². The zero-order chi connectivity index (χ0) is 22.1. The molecule has 2 heterocycles. The van der Waals surface area contributed by atoms with Crippen molar-refractivity contribution < 1.29 is 18.9 Å². The number of hydrogen-bond acceptors (Lipinski definition) is 6. The fraction of sp³-hybridized carbons (Fsp3) is 0.130. The van der Waals surface area contributed by atoms with Gasteiger partial charge in [-0.3, -0.25) is 24.6 Å². The predicted molar refractivity (Wildman–Crippen MR) is 118 cm³/mol. The van der Waals surface area contributed by atoms with Gasteiger partial charge in [0, 0.05) is 12.1 Å². The van der Waals surface area contributed by atoms with Crippen LogP contribution in [0.3, 0.4) is 0 Å². The number of nitro benzene ring substituents is 1. The Morgan fingerprint density at radius 1 is 1.10 bits per heavy atom. The van der Waals surface area contributed by atoms with Gasteiger partial charge in [0.1, 0.15) is 11.5 Å². The molecule has 0 saturated carbocycles. The summed E-state index contributed by atoms with van der Waals surface area (Å²) in [4.78, 5) is 37.6. The third-order valence-electron chi connectivity index (χ3n) is 4.98. The molecule has 1 fully saturated rings. The van der Waals surface area contributed by atoms with E-state index in [1.54, 1.807) is 31.2 Å². The Morgan fingerprint density at radius 2 is 1.87 bits per heavy atom. The molecule has 0 atom stereocenters. The normalized spacial score (nSPS) is 15.2. The molecule has 0 bridgehead atoms. The Morgan fingerprint density at radius 3 is 2.61 bits per heavy atom. The highest BCUT2D eigenvalue weighted by Crippen LogP contribution is 2.36. The number of nitrogens with zero attached hydrogens (tertiary/aromatic N) is 2. The summed E-state index contributed by atoms with van der Waals surface area (Å²) in [6, 6.07) is 15.7. The molecule has 0 aliphatic carbocycles. The van der Waals surface area contributed by atoms with E-state index in [9.17, 15) is 19.7 Å². The Hall–Kier alpha value is -3.65. The lowest BCUT2D eigenvalue weighted by molar-refractivity contribution is -0.384. The van der Waals surface area contributed by atoms with Gasteiger partial charge in [0.25, 0.3) is 16.8 Å². The van der Waals surface area contributed by atoms with Gasteiger partial charge in [0.05, 0.1) is 21.9 Å². The van der Waals surface area contributed by atoms with Crippen LogP contribution in [0, 0.1) is 24.0 Å². The number of benzene rings is 2. The standard InChI is InChI=1S/C23H18N2O5S/c1-14-7-9-18(19(11-14)25(28)29)20-10-8-17(30-20)12-21-22(26)24(23(27)31-21)13-16-6-4-3-5-15(16)2/h3-12H,13H2,1-2H3/b21-12-. The monoisotopic (exact) mass is 434 g/mol. The van der Waals surface area contributed by atoms with E-state index in [1.807, 2.05) is 31.2 Å². The van der Waals surface area contributed by atoms with E-state index in [0.29, 0.717) is 17.1 Å². The third kappa shape index (κ3) is 4.15. The third-order valence-corrected chi connectivity index (χ3v) is 5.89. The van der Waals surface area contributed by atoms with Gasteiger partial charge in [-0.1, -0.05) is 30.3 Å². The molecule has 3 aromatic rings. The summed E-state index contributed by atoms with van der Waals surface area (Å²) in [5, 5.41) is 11.0. The lowest BCUT2D eigenvalue weighted by atomic mass is 10.1. The molecule has 1 aliphatic rings. The average Bonchev–Trinajstić information content (AvgIpc) is 3.29. The highest BCUT2D eigenvalue weighted by Gasteiger charge is 2.35. The predicted octanol–water partition coefficient (Wildman–Crippen LogP) is 5.71. The second-order valence-corrected chi connectivity index (χ2v) is 8.17. The van der Waals surface area contributed by atoms with E-state index < -0.39 is 10.8 Å². The van der Waals surface area contributed by atoms with Crippen LogP contribution in [0.15, 0.2) is 63.9 Å². The molecule has 2 aromatic carbocycles. The smallest absolute Gasteiger partial charge is 0.293 e. The number of carbonyl (C=O) groups excluding carboxylic acids is 2.